The zero-order valence-electron chi connectivity index (χ0n) is 17.3. The van der Waals surface area contributed by atoms with Gasteiger partial charge in [0.25, 0.3) is 5.91 Å². The van der Waals surface area contributed by atoms with Crippen molar-refractivity contribution in [1.82, 2.24) is 15.3 Å². The maximum absolute atomic E-state index is 12.7. The third-order valence-corrected chi connectivity index (χ3v) is 4.27. The largest absolute Gasteiger partial charge is 0.370 e. The maximum Gasteiger partial charge on any atom is 0.270 e. The number of anilines is 1. The highest BCUT2D eigenvalue weighted by Crippen LogP contribution is 2.18. The fourth-order valence-corrected chi connectivity index (χ4v) is 2.93. The van der Waals surface area contributed by atoms with Crippen LogP contribution in [0.2, 0.25) is 0 Å². The summed E-state index contributed by atoms with van der Waals surface area (Å²) in [5, 5.41) is 6.33. The molecule has 2 N–H and O–H groups in total. The lowest BCUT2D eigenvalue weighted by atomic mass is 10.1. The first kappa shape index (κ1) is 20.5. The summed E-state index contributed by atoms with van der Waals surface area (Å²) in [4.78, 5) is 21.8. The number of nitrogens with one attached hydrogen (secondary N) is 2. The molecular formula is C24H28N4O. The van der Waals surface area contributed by atoms with Gasteiger partial charge in [-0.05, 0) is 39.2 Å². The van der Waals surface area contributed by atoms with E-state index in [1.165, 1.54) is 5.56 Å². The molecule has 1 aromatic heterocycles. The number of rotatable bonds is 7. The third-order valence-electron chi connectivity index (χ3n) is 4.27. The molecule has 5 heteroatoms. The van der Waals surface area contributed by atoms with E-state index in [0.717, 1.165) is 24.9 Å². The van der Waals surface area contributed by atoms with Gasteiger partial charge in [-0.3, -0.25) is 4.79 Å². The molecule has 0 fully saturated rings. The van der Waals surface area contributed by atoms with Gasteiger partial charge in [0, 0.05) is 23.7 Å². The number of hydrogen-bond acceptors (Lipinski definition) is 4. The highest BCUT2D eigenvalue weighted by molar-refractivity contribution is 5.93. The number of benzene rings is 2. The Labute approximate surface area is 172 Å². The van der Waals surface area contributed by atoms with Crippen LogP contribution in [0.1, 0.15) is 43.2 Å². The zero-order valence-corrected chi connectivity index (χ0v) is 17.3. The molecule has 0 saturated carbocycles. The van der Waals surface area contributed by atoms with Crippen LogP contribution in [0, 0.1) is 0 Å². The summed E-state index contributed by atoms with van der Waals surface area (Å²) in [5.74, 6) is 0.994. The van der Waals surface area contributed by atoms with Crippen LogP contribution in [0.4, 0.5) is 5.82 Å². The maximum atomic E-state index is 12.7. The number of amides is 1. The van der Waals surface area contributed by atoms with Crippen LogP contribution in [-0.4, -0.2) is 28.0 Å². The molecule has 1 heterocycles. The van der Waals surface area contributed by atoms with Crippen LogP contribution in [0.25, 0.3) is 11.4 Å². The van der Waals surface area contributed by atoms with E-state index < -0.39 is 0 Å². The Morgan fingerprint density at radius 1 is 0.931 bits per heavy atom. The number of carbonyl (C=O) groups is 1. The van der Waals surface area contributed by atoms with Gasteiger partial charge in [0.15, 0.2) is 5.82 Å². The van der Waals surface area contributed by atoms with E-state index in [2.05, 4.69) is 44.9 Å². The van der Waals surface area contributed by atoms with Gasteiger partial charge >= 0.3 is 0 Å². The third kappa shape index (κ3) is 6.42. The van der Waals surface area contributed by atoms with Gasteiger partial charge in [-0.2, -0.15) is 0 Å². The second kappa shape index (κ2) is 9.32. The van der Waals surface area contributed by atoms with Crippen molar-refractivity contribution < 1.29 is 4.79 Å². The van der Waals surface area contributed by atoms with E-state index in [9.17, 15) is 4.79 Å². The molecule has 1 amide bonds. The van der Waals surface area contributed by atoms with Crippen molar-refractivity contribution in [2.45, 2.75) is 39.2 Å². The first-order valence-electron chi connectivity index (χ1n) is 9.95. The van der Waals surface area contributed by atoms with Gasteiger partial charge in [0.1, 0.15) is 11.5 Å². The Morgan fingerprint density at radius 3 is 2.24 bits per heavy atom. The molecule has 0 spiro atoms. The minimum Gasteiger partial charge on any atom is -0.370 e. The molecule has 3 aromatic rings. The fraction of sp³-hybridized carbons (Fsp3) is 0.292. The second-order valence-corrected chi connectivity index (χ2v) is 8.05. The fourth-order valence-electron chi connectivity index (χ4n) is 2.93. The Morgan fingerprint density at radius 2 is 1.59 bits per heavy atom. The summed E-state index contributed by atoms with van der Waals surface area (Å²) in [6.45, 7) is 6.62. The minimum atomic E-state index is -0.335. The molecule has 29 heavy (non-hydrogen) atoms. The molecule has 0 radical (unpaired) electrons. The summed E-state index contributed by atoms with van der Waals surface area (Å²) >= 11 is 0. The van der Waals surface area contributed by atoms with Crippen molar-refractivity contribution in [2.24, 2.45) is 0 Å². The highest BCUT2D eigenvalue weighted by atomic mass is 16.2. The van der Waals surface area contributed by atoms with Crippen molar-refractivity contribution >= 4 is 11.7 Å². The van der Waals surface area contributed by atoms with Crippen molar-refractivity contribution in [1.29, 1.82) is 0 Å². The van der Waals surface area contributed by atoms with Crippen LogP contribution in [0.3, 0.4) is 0 Å². The van der Waals surface area contributed by atoms with Gasteiger partial charge in [-0.15, -0.1) is 0 Å². The Hall–Kier alpha value is -3.21. The average Bonchev–Trinajstić information content (AvgIpc) is 2.71. The average molecular weight is 389 g/mol. The first-order valence-corrected chi connectivity index (χ1v) is 9.95. The van der Waals surface area contributed by atoms with E-state index >= 15 is 0 Å². The lowest BCUT2D eigenvalue weighted by Gasteiger charge is -2.20. The standard InChI is InChI=1S/C24H28N4O/c1-24(2,3)28-23(29)20-17-21(25-16-10-13-18-11-6-4-7-12-18)27-22(26-20)19-14-8-5-9-15-19/h4-9,11-12,14-15,17H,10,13,16H2,1-3H3,(H,28,29)(H,25,26,27). The summed E-state index contributed by atoms with van der Waals surface area (Å²) in [7, 11) is 0. The van der Waals surface area contributed by atoms with Crippen LogP contribution in [0.15, 0.2) is 66.7 Å². The minimum absolute atomic E-state index is 0.204. The monoisotopic (exact) mass is 388 g/mol. The molecule has 0 unspecified atom stereocenters. The van der Waals surface area contributed by atoms with Crippen LogP contribution >= 0.6 is 0 Å². The van der Waals surface area contributed by atoms with Crippen LogP contribution < -0.4 is 10.6 Å². The number of carbonyl (C=O) groups excluding carboxylic acids is 1. The molecule has 0 aliphatic rings. The summed E-state index contributed by atoms with van der Waals surface area (Å²) in [5.41, 5.74) is 2.22. The molecule has 150 valence electrons. The molecule has 5 nitrogen and oxygen atoms in total. The number of aromatic nitrogens is 2. The Kier molecular flexibility index (Phi) is 6.60. The predicted octanol–water partition coefficient (Wildman–Crippen LogP) is 4.72. The van der Waals surface area contributed by atoms with Gasteiger partial charge in [-0.25, -0.2) is 9.97 Å². The van der Waals surface area contributed by atoms with E-state index in [1.807, 2.05) is 57.2 Å². The summed E-state index contributed by atoms with van der Waals surface area (Å²) in [6.07, 6.45) is 1.96. The van der Waals surface area contributed by atoms with Gasteiger partial charge in [-0.1, -0.05) is 60.7 Å². The Balaban J connectivity index is 1.76. The van der Waals surface area contributed by atoms with E-state index in [0.29, 0.717) is 17.3 Å². The number of aryl methyl sites for hydroxylation is 1. The molecule has 2 aromatic carbocycles. The summed E-state index contributed by atoms with van der Waals surface area (Å²) in [6, 6.07) is 21.8. The van der Waals surface area contributed by atoms with Crippen molar-refractivity contribution in [3.63, 3.8) is 0 Å². The topological polar surface area (TPSA) is 66.9 Å². The number of nitrogens with zero attached hydrogens (tertiary/aromatic N) is 2. The lowest BCUT2D eigenvalue weighted by molar-refractivity contribution is 0.0914. The van der Waals surface area contributed by atoms with Crippen LogP contribution in [0.5, 0.6) is 0 Å². The first-order chi connectivity index (χ1) is 13.9. The summed E-state index contributed by atoms with van der Waals surface area (Å²) < 4.78 is 0. The van der Waals surface area contributed by atoms with Gasteiger partial charge < -0.3 is 10.6 Å². The molecule has 0 saturated heterocycles. The van der Waals surface area contributed by atoms with Crippen LogP contribution in [-0.2, 0) is 6.42 Å². The molecule has 0 aliphatic heterocycles. The second-order valence-electron chi connectivity index (χ2n) is 8.05. The predicted molar refractivity (Wildman–Crippen MR) is 118 cm³/mol. The van der Waals surface area contributed by atoms with Crippen molar-refractivity contribution in [3.05, 3.63) is 78.0 Å². The van der Waals surface area contributed by atoms with Crippen molar-refractivity contribution in [3.8, 4) is 11.4 Å². The molecule has 0 atom stereocenters. The Bertz CT molecular complexity index is 934. The smallest absolute Gasteiger partial charge is 0.270 e. The molecule has 3 rings (SSSR count). The van der Waals surface area contributed by atoms with E-state index in [-0.39, 0.29) is 11.4 Å². The SMILES string of the molecule is CC(C)(C)NC(=O)c1cc(NCCCc2ccccc2)nc(-c2ccccc2)n1. The van der Waals surface area contributed by atoms with E-state index in [4.69, 9.17) is 0 Å². The normalized spacial score (nSPS) is 11.1. The highest BCUT2D eigenvalue weighted by Gasteiger charge is 2.18. The van der Waals surface area contributed by atoms with Gasteiger partial charge in [0.2, 0.25) is 0 Å². The molecular weight excluding hydrogens is 360 g/mol. The van der Waals surface area contributed by atoms with Crippen molar-refractivity contribution in [2.75, 3.05) is 11.9 Å². The lowest BCUT2D eigenvalue weighted by Crippen LogP contribution is -2.41. The van der Waals surface area contributed by atoms with Gasteiger partial charge in [0.05, 0.1) is 0 Å². The van der Waals surface area contributed by atoms with E-state index in [1.54, 1.807) is 6.07 Å². The number of hydrogen-bond donors (Lipinski definition) is 2. The zero-order chi connectivity index (χ0) is 20.7. The molecule has 0 bridgehead atoms. The molecule has 0 aliphatic carbocycles. The quantitative estimate of drug-likeness (QED) is 0.575.